The quantitative estimate of drug-likeness (QED) is 0.620. The standard InChI is InChI=1S/C15H22BrN5/c1-4-9-21-15(13(16)10-18-21)14(19-17)11-5-7-12(8-6-11)20(2)3/h5-8,10,14,19H,4,9,17H2,1-3H3. The summed E-state index contributed by atoms with van der Waals surface area (Å²) in [5.74, 6) is 5.81. The first-order valence-electron chi connectivity index (χ1n) is 7.03. The first-order chi connectivity index (χ1) is 10.1. The molecule has 0 aliphatic carbocycles. The van der Waals surface area contributed by atoms with Crippen LogP contribution in [0.2, 0.25) is 0 Å². The largest absolute Gasteiger partial charge is 0.378 e. The molecule has 1 atom stereocenters. The molecule has 2 rings (SSSR count). The van der Waals surface area contributed by atoms with Gasteiger partial charge in [-0.15, -0.1) is 0 Å². The van der Waals surface area contributed by atoms with Gasteiger partial charge in [0.2, 0.25) is 0 Å². The summed E-state index contributed by atoms with van der Waals surface area (Å²) < 4.78 is 2.96. The molecule has 1 aromatic carbocycles. The number of rotatable bonds is 6. The van der Waals surface area contributed by atoms with Crippen molar-refractivity contribution < 1.29 is 0 Å². The van der Waals surface area contributed by atoms with E-state index in [2.05, 4.69) is 62.5 Å². The van der Waals surface area contributed by atoms with Gasteiger partial charge in [0.15, 0.2) is 0 Å². The molecule has 21 heavy (non-hydrogen) atoms. The van der Waals surface area contributed by atoms with E-state index in [1.54, 1.807) is 0 Å². The highest BCUT2D eigenvalue weighted by Crippen LogP contribution is 2.29. The SMILES string of the molecule is CCCn1ncc(Br)c1C(NN)c1ccc(N(C)C)cc1. The average molecular weight is 352 g/mol. The summed E-state index contributed by atoms with van der Waals surface area (Å²) in [7, 11) is 4.06. The number of hydrogen-bond donors (Lipinski definition) is 2. The maximum absolute atomic E-state index is 5.81. The van der Waals surface area contributed by atoms with E-state index in [4.69, 9.17) is 5.84 Å². The molecule has 2 aromatic rings. The lowest BCUT2D eigenvalue weighted by Gasteiger charge is -2.20. The van der Waals surface area contributed by atoms with Gasteiger partial charge in [0.05, 0.1) is 22.4 Å². The van der Waals surface area contributed by atoms with Crippen LogP contribution in [0.25, 0.3) is 0 Å². The highest BCUT2D eigenvalue weighted by atomic mass is 79.9. The van der Waals surface area contributed by atoms with E-state index in [0.29, 0.717) is 0 Å². The van der Waals surface area contributed by atoms with Crippen LogP contribution < -0.4 is 16.2 Å². The van der Waals surface area contributed by atoms with Crippen molar-refractivity contribution >= 4 is 21.6 Å². The summed E-state index contributed by atoms with van der Waals surface area (Å²) in [6, 6.07) is 8.28. The number of hydrogen-bond acceptors (Lipinski definition) is 4. The zero-order chi connectivity index (χ0) is 15.4. The van der Waals surface area contributed by atoms with Crippen LogP contribution in [0.15, 0.2) is 34.9 Å². The molecule has 0 radical (unpaired) electrons. The molecule has 0 spiro atoms. The number of nitrogens with two attached hydrogens (primary N) is 1. The molecule has 0 fully saturated rings. The maximum atomic E-state index is 5.81. The molecule has 0 aliphatic rings. The summed E-state index contributed by atoms with van der Waals surface area (Å²) in [5, 5.41) is 4.41. The lowest BCUT2D eigenvalue weighted by molar-refractivity contribution is 0.519. The lowest BCUT2D eigenvalue weighted by Crippen LogP contribution is -2.31. The molecule has 114 valence electrons. The normalized spacial score (nSPS) is 12.4. The third kappa shape index (κ3) is 3.45. The Labute approximate surface area is 134 Å². The third-order valence-corrected chi connectivity index (χ3v) is 4.06. The third-order valence-electron chi connectivity index (χ3n) is 3.45. The Morgan fingerprint density at radius 3 is 2.52 bits per heavy atom. The topological polar surface area (TPSA) is 59.1 Å². The number of halogens is 1. The Morgan fingerprint density at radius 2 is 2.00 bits per heavy atom. The average Bonchev–Trinajstić information content (AvgIpc) is 2.83. The Bertz CT molecular complexity index is 576. The van der Waals surface area contributed by atoms with Crippen molar-refractivity contribution in [3.05, 3.63) is 46.2 Å². The van der Waals surface area contributed by atoms with Crippen LogP contribution in [0.3, 0.4) is 0 Å². The van der Waals surface area contributed by atoms with Gasteiger partial charge in [-0.25, -0.2) is 5.43 Å². The molecule has 0 aliphatic heterocycles. The van der Waals surface area contributed by atoms with Gasteiger partial charge in [0.1, 0.15) is 0 Å². The summed E-state index contributed by atoms with van der Waals surface area (Å²) >= 11 is 3.58. The van der Waals surface area contributed by atoms with Crippen molar-refractivity contribution in [3.63, 3.8) is 0 Å². The van der Waals surface area contributed by atoms with Crippen LogP contribution in [-0.2, 0) is 6.54 Å². The van der Waals surface area contributed by atoms with Gasteiger partial charge in [0, 0.05) is 26.3 Å². The smallest absolute Gasteiger partial charge is 0.0889 e. The van der Waals surface area contributed by atoms with Gasteiger partial charge in [-0.3, -0.25) is 10.5 Å². The number of nitrogens with zero attached hydrogens (tertiary/aromatic N) is 3. The Balaban J connectivity index is 2.37. The zero-order valence-electron chi connectivity index (χ0n) is 12.7. The van der Waals surface area contributed by atoms with Gasteiger partial charge >= 0.3 is 0 Å². The van der Waals surface area contributed by atoms with Crippen LogP contribution in [0.4, 0.5) is 5.69 Å². The number of hydrazine groups is 1. The van der Waals surface area contributed by atoms with Gasteiger partial charge in [0.25, 0.3) is 0 Å². The molecule has 3 N–H and O–H groups in total. The summed E-state index contributed by atoms with van der Waals surface area (Å²) in [4.78, 5) is 2.08. The molecular formula is C15H22BrN5. The van der Waals surface area contributed by atoms with E-state index in [1.807, 2.05) is 25.0 Å². The number of anilines is 1. The first-order valence-corrected chi connectivity index (χ1v) is 7.82. The first kappa shape index (κ1) is 16.0. The second-order valence-electron chi connectivity index (χ2n) is 5.19. The molecule has 1 aromatic heterocycles. The molecule has 6 heteroatoms. The van der Waals surface area contributed by atoms with Crippen LogP contribution in [0.5, 0.6) is 0 Å². The Kier molecular flexibility index (Phi) is 5.39. The van der Waals surface area contributed by atoms with Gasteiger partial charge in [-0.2, -0.15) is 5.10 Å². The van der Waals surface area contributed by atoms with Crippen LogP contribution >= 0.6 is 15.9 Å². The van der Waals surface area contributed by atoms with Crippen LogP contribution in [0, 0.1) is 0 Å². The molecular weight excluding hydrogens is 330 g/mol. The van der Waals surface area contributed by atoms with E-state index >= 15 is 0 Å². The molecule has 0 amide bonds. The van der Waals surface area contributed by atoms with Gasteiger partial charge in [-0.1, -0.05) is 19.1 Å². The van der Waals surface area contributed by atoms with E-state index in [1.165, 1.54) is 0 Å². The van der Waals surface area contributed by atoms with E-state index in [-0.39, 0.29) is 6.04 Å². The second kappa shape index (κ2) is 7.06. The van der Waals surface area contributed by atoms with Gasteiger partial charge < -0.3 is 4.90 Å². The minimum Gasteiger partial charge on any atom is -0.378 e. The molecule has 1 unspecified atom stereocenters. The number of aryl methyl sites for hydroxylation is 1. The van der Waals surface area contributed by atoms with E-state index in [9.17, 15) is 0 Å². The maximum Gasteiger partial charge on any atom is 0.0889 e. The van der Waals surface area contributed by atoms with Crippen molar-refractivity contribution in [2.75, 3.05) is 19.0 Å². The molecule has 0 bridgehead atoms. The Morgan fingerprint density at radius 1 is 1.33 bits per heavy atom. The monoisotopic (exact) mass is 351 g/mol. The van der Waals surface area contributed by atoms with Crippen LogP contribution in [-0.4, -0.2) is 23.9 Å². The molecule has 1 heterocycles. The molecule has 5 nitrogen and oxygen atoms in total. The highest BCUT2D eigenvalue weighted by molar-refractivity contribution is 9.10. The minimum absolute atomic E-state index is 0.0929. The number of benzene rings is 1. The van der Waals surface area contributed by atoms with E-state index < -0.39 is 0 Å². The Hall–Kier alpha value is -1.37. The molecule has 0 saturated carbocycles. The summed E-state index contributed by atoms with van der Waals surface area (Å²) in [5.41, 5.74) is 6.23. The lowest BCUT2D eigenvalue weighted by atomic mass is 10.0. The zero-order valence-corrected chi connectivity index (χ0v) is 14.3. The van der Waals surface area contributed by atoms with Crippen LogP contribution in [0.1, 0.15) is 30.6 Å². The fourth-order valence-corrected chi connectivity index (χ4v) is 2.87. The van der Waals surface area contributed by atoms with Crippen molar-refractivity contribution in [1.29, 1.82) is 0 Å². The highest BCUT2D eigenvalue weighted by Gasteiger charge is 2.20. The predicted molar refractivity (Wildman–Crippen MR) is 90.2 cm³/mol. The van der Waals surface area contributed by atoms with Crippen molar-refractivity contribution in [3.8, 4) is 0 Å². The molecule has 0 saturated heterocycles. The van der Waals surface area contributed by atoms with Gasteiger partial charge in [-0.05, 0) is 40.0 Å². The van der Waals surface area contributed by atoms with Crippen molar-refractivity contribution in [2.45, 2.75) is 25.9 Å². The fraction of sp³-hybridized carbons (Fsp3) is 0.400. The second-order valence-corrected chi connectivity index (χ2v) is 6.04. The number of aromatic nitrogens is 2. The fourth-order valence-electron chi connectivity index (χ4n) is 2.35. The predicted octanol–water partition coefficient (Wildman–Crippen LogP) is 2.67. The van der Waals surface area contributed by atoms with Crippen molar-refractivity contribution in [2.24, 2.45) is 5.84 Å². The summed E-state index contributed by atoms with van der Waals surface area (Å²) in [6.07, 6.45) is 2.85. The minimum atomic E-state index is -0.0929. The summed E-state index contributed by atoms with van der Waals surface area (Å²) in [6.45, 7) is 3.00. The number of nitrogens with one attached hydrogen (secondary N) is 1. The van der Waals surface area contributed by atoms with Crippen molar-refractivity contribution in [1.82, 2.24) is 15.2 Å². The van der Waals surface area contributed by atoms with E-state index in [0.717, 1.165) is 34.4 Å².